The van der Waals surface area contributed by atoms with Crippen LogP contribution >= 0.6 is 11.6 Å². The molecule has 0 saturated heterocycles. The molecule has 1 unspecified atom stereocenters. The fourth-order valence-corrected chi connectivity index (χ4v) is 1.70. The fraction of sp³-hybridized carbons (Fsp3) is 0.600. The van der Waals surface area contributed by atoms with Crippen molar-refractivity contribution in [2.75, 3.05) is 6.54 Å². The lowest BCUT2D eigenvalue weighted by molar-refractivity contribution is 0.497. The van der Waals surface area contributed by atoms with E-state index >= 15 is 0 Å². The zero-order valence-electron chi connectivity index (χ0n) is 8.14. The molecule has 0 aliphatic heterocycles. The third-order valence-electron chi connectivity index (χ3n) is 2.05. The van der Waals surface area contributed by atoms with E-state index in [2.05, 4.69) is 19.2 Å². The molecule has 0 radical (unpaired) electrons. The topological polar surface area (TPSA) is 25.2 Å². The van der Waals surface area contributed by atoms with Crippen LogP contribution < -0.4 is 5.32 Å². The quantitative estimate of drug-likeness (QED) is 0.790. The molecule has 1 heterocycles. The van der Waals surface area contributed by atoms with Gasteiger partial charge in [0.15, 0.2) is 5.22 Å². The van der Waals surface area contributed by atoms with Crippen LogP contribution in [0, 0.1) is 0 Å². The molecule has 1 rings (SSSR count). The Morgan fingerprint density at radius 3 is 2.77 bits per heavy atom. The molecular formula is C10H16ClNO. The summed E-state index contributed by atoms with van der Waals surface area (Å²) >= 11 is 5.90. The highest BCUT2D eigenvalue weighted by atomic mass is 35.5. The van der Waals surface area contributed by atoms with E-state index in [4.69, 9.17) is 16.0 Å². The van der Waals surface area contributed by atoms with Crippen molar-refractivity contribution in [2.45, 2.75) is 32.7 Å². The smallest absolute Gasteiger partial charge is 0.197 e. The maximum atomic E-state index is 5.90. The first kappa shape index (κ1) is 10.6. The lowest BCUT2D eigenvalue weighted by Gasteiger charge is -2.15. The average molecular weight is 202 g/mol. The van der Waals surface area contributed by atoms with Gasteiger partial charge in [-0.15, -0.1) is 0 Å². The lowest BCUT2D eigenvalue weighted by atomic mass is 10.1. The molecule has 13 heavy (non-hydrogen) atoms. The van der Waals surface area contributed by atoms with E-state index in [-0.39, 0.29) is 0 Å². The van der Waals surface area contributed by atoms with Crippen LogP contribution in [0.3, 0.4) is 0 Å². The first-order valence-electron chi connectivity index (χ1n) is 4.75. The van der Waals surface area contributed by atoms with Gasteiger partial charge in [-0.2, -0.15) is 0 Å². The zero-order valence-corrected chi connectivity index (χ0v) is 8.90. The number of nitrogens with one attached hydrogen (secondary N) is 1. The maximum Gasteiger partial charge on any atom is 0.197 e. The van der Waals surface area contributed by atoms with Crippen molar-refractivity contribution >= 4 is 11.6 Å². The van der Waals surface area contributed by atoms with Gasteiger partial charge in [0.2, 0.25) is 0 Å². The number of furan rings is 1. The zero-order chi connectivity index (χ0) is 9.68. The minimum absolute atomic E-state index is 0.334. The fourth-order valence-electron chi connectivity index (χ4n) is 1.46. The third kappa shape index (κ3) is 2.75. The molecular weight excluding hydrogens is 186 g/mol. The van der Waals surface area contributed by atoms with E-state index in [9.17, 15) is 0 Å². The van der Waals surface area contributed by atoms with Gasteiger partial charge >= 0.3 is 0 Å². The number of hydrogen-bond acceptors (Lipinski definition) is 2. The SMILES string of the molecule is CCCC(NCC)c1ccoc1Cl. The molecule has 3 heteroatoms. The van der Waals surface area contributed by atoms with Crippen LogP contribution in [0.1, 0.15) is 38.3 Å². The van der Waals surface area contributed by atoms with Crippen LogP contribution in [0.15, 0.2) is 16.7 Å². The number of hydrogen-bond donors (Lipinski definition) is 1. The molecule has 1 aromatic rings. The van der Waals surface area contributed by atoms with E-state index in [0.717, 1.165) is 24.9 Å². The summed E-state index contributed by atoms with van der Waals surface area (Å²) in [6, 6.07) is 2.27. The van der Waals surface area contributed by atoms with Gasteiger partial charge in [-0.3, -0.25) is 0 Å². The molecule has 1 aromatic heterocycles. The second-order valence-corrected chi connectivity index (χ2v) is 3.39. The predicted molar refractivity (Wildman–Crippen MR) is 55.0 cm³/mol. The summed E-state index contributed by atoms with van der Waals surface area (Å²) in [7, 11) is 0. The predicted octanol–water partition coefficient (Wildman–Crippen LogP) is 3.38. The van der Waals surface area contributed by atoms with Gasteiger partial charge in [0.25, 0.3) is 0 Å². The maximum absolute atomic E-state index is 5.90. The van der Waals surface area contributed by atoms with Crippen LogP contribution in [-0.2, 0) is 0 Å². The van der Waals surface area contributed by atoms with Gasteiger partial charge in [0.05, 0.1) is 6.26 Å². The molecule has 0 bridgehead atoms. The van der Waals surface area contributed by atoms with Crippen molar-refractivity contribution in [1.29, 1.82) is 0 Å². The van der Waals surface area contributed by atoms with Gasteiger partial charge in [0.1, 0.15) is 0 Å². The van der Waals surface area contributed by atoms with Crippen molar-refractivity contribution in [3.63, 3.8) is 0 Å². The van der Waals surface area contributed by atoms with Crippen molar-refractivity contribution in [1.82, 2.24) is 5.32 Å². The second kappa shape index (κ2) is 5.30. The normalized spacial score (nSPS) is 13.2. The van der Waals surface area contributed by atoms with Crippen LogP contribution in [0.25, 0.3) is 0 Å². The van der Waals surface area contributed by atoms with Gasteiger partial charge in [-0.25, -0.2) is 0 Å². The monoisotopic (exact) mass is 201 g/mol. The van der Waals surface area contributed by atoms with E-state index in [1.807, 2.05) is 6.07 Å². The summed E-state index contributed by atoms with van der Waals surface area (Å²) in [5, 5.41) is 3.90. The largest absolute Gasteiger partial charge is 0.453 e. The Balaban J connectivity index is 2.69. The summed E-state index contributed by atoms with van der Waals surface area (Å²) in [5.41, 5.74) is 1.07. The number of halogens is 1. The van der Waals surface area contributed by atoms with Gasteiger partial charge in [-0.05, 0) is 30.6 Å². The van der Waals surface area contributed by atoms with Crippen LogP contribution in [0.4, 0.5) is 0 Å². The molecule has 0 spiro atoms. The minimum Gasteiger partial charge on any atom is -0.453 e. The Kier molecular flexibility index (Phi) is 4.33. The summed E-state index contributed by atoms with van der Waals surface area (Å²) < 4.78 is 5.06. The molecule has 0 saturated carbocycles. The third-order valence-corrected chi connectivity index (χ3v) is 2.36. The standard InChI is InChI=1S/C10H16ClNO/c1-3-5-9(12-4-2)8-6-7-13-10(8)11/h6-7,9,12H,3-5H2,1-2H3. The van der Waals surface area contributed by atoms with Crippen molar-refractivity contribution in [3.8, 4) is 0 Å². The highest BCUT2D eigenvalue weighted by Crippen LogP contribution is 2.26. The van der Waals surface area contributed by atoms with E-state index in [1.165, 1.54) is 0 Å². The molecule has 1 N–H and O–H groups in total. The van der Waals surface area contributed by atoms with Gasteiger partial charge < -0.3 is 9.73 Å². The molecule has 0 aliphatic carbocycles. The number of rotatable bonds is 5. The molecule has 0 fully saturated rings. The summed E-state index contributed by atoms with van der Waals surface area (Å²) in [6.07, 6.45) is 3.87. The summed E-state index contributed by atoms with van der Waals surface area (Å²) in [5.74, 6) is 0. The summed E-state index contributed by atoms with van der Waals surface area (Å²) in [6.45, 7) is 5.21. The molecule has 1 atom stereocenters. The molecule has 0 aromatic carbocycles. The van der Waals surface area contributed by atoms with Gasteiger partial charge in [-0.1, -0.05) is 20.3 Å². The van der Waals surface area contributed by atoms with E-state index in [0.29, 0.717) is 11.3 Å². The second-order valence-electron chi connectivity index (χ2n) is 3.05. The summed E-state index contributed by atoms with van der Waals surface area (Å²) in [4.78, 5) is 0. The van der Waals surface area contributed by atoms with Gasteiger partial charge in [0, 0.05) is 11.6 Å². The molecule has 74 valence electrons. The molecule has 0 aliphatic rings. The van der Waals surface area contributed by atoms with Crippen LogP contribution in [-0.4, -0.2) is 6.54 Å². The highest BCUT2D eigenvalue weighted by molar-refractivity contribution is 6.29. The van der Waals surface area contributed by atoms with Crippen LogP contribution in [0.5, 0.6) is 0 Å². The van der Waals surface area contributed by atoms with Crippen molar-refractivity contribution in [2.24, 2.45) is 0 Å². The Labute approximate surface area is 84.3 Å². The van der Waals surface area contributed by atoms with E-state index in [1.54, 1.807) is 6.26 Å². The average Bonchev–Trinajstić information content (AvgIpc) is 2.51. The Morgan fingerprint density at radius 2 is 2.31 bits per heavy atom. The Bertz CT molecular complexity index is 241. The van der Waals surface area contributed by atoms with Crippen LogP contribution in [0.2, 0.25) is 5.22 Å². The lowest BCUT2D eigenvalue weighted by Crippen LogP contribution is -2.20. The Hall–Kier alpha value is -0.470. The van der Waals surface area contributed by atoms with E-state index < -0.39 is 0 Å². The van der Waals surface area contributed by atoms with Crippen molar-refractivity contribution in [3.05, 3.63) is 23.1 Å². The van der Waals surface area contributed by atoms with Crippen molar-refractivity contribution < 1.29 is 4.42 Å². The first-order valence-corrected chi connectivity index (χ1v) is 5.13. The first-order chi connectivity index (χ1) is 6.29. The molecule has 2 nitrogen and oxygen atoms in total. The highest BCUT2D eigenvalue weighted by Gasteiger charge is 2.14. The minimum atomic E-state index is 0.334. The Morgan fingerprint density at radius 1 is 1.54 bits per heavy atom. The molecule has 0 amide bonds.